The number of carbonyl (C=O) groups is 1. The van der Waals surface area contributed by atoms with Crippen LogP contribution in [0.5, 0.6) is 0 Å². The van der Waals surface area contributed by atoms with Crippen molar-refractivity contribution >= 4 is 5.91 Å². The number of allylic oxidation sites excluding steroid dienone is 1. The molecule has 1 aromatic heterocycles. The predicted molar refractivity (Wildman–Crippen MR) is 77.7 cm³/mol. The molecule has 0 atom stereocenters. The van der Waals surface area contributed by atoms with E-state index in [0.717, 1.165) is 25.0 Å². The van der Waals surface area contributed by atoms with Gasteiger partial charge in [-0.05, 0) is 31.4 Å². The van der Waals surface area contributed by atoms with Gasteiger partial charge >= 0.3 is 0 Å². The molecule has 0 radical (unpaired) electrons. The van der Waals surface area contributed by atoms with E-state index >= 15 is 0 Å². The molecule has 0 fully saturated rings. The van der Waals surface area contributed by atoms with Crippen molar-refractivity contribution in [3.8, 4) is 0 Å². The number of amides is 1. The van der Waals surface area contributed by atoms with Gasteiger partial charge in [0.05, 0.1) is 12.8 Å². The first-order valence-corrected chi connectivity index (χ1v) is 7.23. The highest BCUT2D eigenvalue weighted by Gasteiger charge is 2.02. The zero-order chi connectivity index (χ0) is 13.8. The molecule has 19 heavy (non-hydrogen) atoms. The third-order valence-corrected chi connectivity index (χ3v) is 3.10. The van der Waals surface area contributed by atoms with E-state index in [1.807, 2.05) is 18.2 Å². The number of rotatable bonds is 11. The van der Waals surface area contributed by atoms with Crippen LogP contribution in [0.4, 0.5) is 0 Å². The van der Waals surface area contributed by atoms with Gasteiger partial charge in [0.1, 0.15) is 5.76 Å². The summed E-state index contributed by atoms with van der Waals surface area (Å²) in [5.74, 6) is 0.915. The number of furan rings is 1. The zero-order valence-electron chi connectivity index (χ0n) is 11.7. The summed E-state index contributed by atoms with van der Waals surface area (Å²) in [4.78, 5) is 11.5. The van der Waals surface area contributed by atoms with Gasteiger partial charge in [0.25, 0.3) is 0 Å². The SMILES string of the molecule is C=CCCCCCCCCC(=O)NCc1ccco1. The lowest BCUT2D eigenvalue weighted by atomic mass is 10.1. The first kappa shape index (κ1) is 15.5. The summed E-state index contributed by atoms with van der Waals surface area (Å²) in [6.45, 7) is 4.21. The van der Waals surface area contributed by atoms with E-state index in [9.17, 15) is 4.79 Å². The predicted octanol–water partition coefficient (Wildman–Crippen LogP) is 4.20. The summed E-state index contributed by atoms with van der Waals surface area (Å²) in [7, 11) is 0. The lowest BCUT2D eigenvalue weighted by Gasteiger charge is -2.03. The number of carbonyl (C=O) groups excluding carboxylic acids is 1. The van der Waals surface area contributed by atoms with Crippen molar-refractivity contribution in [1.29, 1.82) is 0 Å². The molecule has 0 aromatic carbocycles. The summed E-state index contributed by atoms with van der Waals surface area (Å²) in [6.07, 6.45) is 12.5. The van der Waals surface area contributed by atoms with Crippen molar-refractivity contribution < 1.29 is 9.21 Å². The normalized spacial score (nSPS) is 10.3. The summed E-state index contributed by atoms with van der Waals surface area (Å²) in [5.41, 5.74) is 0. The Morgan fingerprint density at radius 1 is 1.21 bits per heavy atom. The van der Waals surface area contributed by atoms with Crippen LogP contribution in [-0.2, 0) is 11.3 Å². The molecule has 3 heteroatoms. The maximum Gasteiger partial charge on any atom is 0.220 e. The van der Waals surface area contributed by atoms with Crippen LogP contribution in [0.25, 0.3) is 0 Å². The fourth-order valence-electron chi connectivity index (χ4n) is 1.97. The van der Waals surface area contributed by atoms with Crippen LogP contribution in [0.3, 0.4) is 0 Å². The van der Waals surface area contributed by atoms with Crippen LogP contribution in [0.2, 0.25) is 0 Å². The van der Waals surface area contributed by atoms with Gasteiger partial charge in [-0.3, -0.25) is 4.79 Å². The Morgan fingerprint density at radius 3 is 2.63 bits per heavy atom. The van der Waals surface area contributed by atoms with E-state index in [2.05, 4.69) is 11.9 Å². The van der Waals surface area contributed by atoms with Gasteiger partial charge in [0, 0.05) is 6.42 Å². The molecule has 0 saturated carbocycles. The molecular weight excluding hydrogens is 238 g/mol. The van der Waals surface area contributed by atoms with Crippen molar-refractivity contribution in [2.24, 2.45) is 0 Å². The molecule has 1 amide bonds. The van der Waals surface area contributed by atoms with Crippen molar-refractivity contribution in [2.75, 3.05) is 0 Å². The standard InChI is InChI=1S/C16H25NO2/c1-2-3-4-5-6-7-8-9-12-16(18)17-14-15-11-10-13-19-15/h2,10-11,13H,1,3-9,12,14H2,(H,17,18). The topological polar surface area (TPSA) is 42.2 Å². The molecule has 0 saturated heterocycles. The molecule has 1 aromatic rings. The Bertz CT molecular complexity index is 344. The van der Waals surface area contributed by atoms with Crippen LogP contribution < -0.4 is 5.32 Å². The Labute approximate surface area is 116 Å². The van der Waals surface area contributed by atoms with Gasteiger partial charge in [0.15, 0.2) is 0 Å². The minimum Gasteiger partial charge on any atom is -0.467 e. The van der Waals surface area contributed by atoms with Crippen molar-refractivity contribution in [1.82, 2.24) is 5.32 Å². The van der Waals surface area contributed by atoms with E-state index in [1.165, 1.54) is 25.7 Å². The second-order valence-corrected chi connectivity index (χ2v) is 4.80. The van der Waals surface area contributed by atoms with E-state index in [4.69, 9.17) is 4.42 Å². The Morgan fingerprint density at radius 2 is 1.95 bits per heavy atom. The van der Waals surface area contributed by atoms with E-state index < -0.39 is 0 Å². The van der Waals surface area contributed by atoms with Gasteiger partial charge in [0.2, 0.25) is 5.91 Å². The minimum atomic E-state index is 0.114. The van der Waals surface area contributed by atoms with Gasteiger partial charge < -0.3 is 9.73 Å². The molecule has 0 aliphatic carbocycles. The van der Waals surface area contributed by atoms with Crippen molar-refractivity contribution in [3.63, 3.8) is 0 Å². The first-order chi connectivity index (χ1) is 9.33. The van der Waals surface area contributed by atoms with Crippen molar-refractivity contribution in [3.05, 3.63) is 36.8 Å². The number of hydrogen-bond acceptors (Lipinski definition) is 2. The highest BCUT2D eigenvalue weighted by atomic mass is 16.3. The average molecular weight is 263 g/mol. The maximum atomic E-state index is 11.5. The fourth-order valence-corrected chi connectivity index (χ4v) is 1.97. The van der Waals surface area contributed by atoms with Gasteiger partial charge in [-0.15, -0.1) is 6.58 Å². The molecular formula is C16H25NO2. The summed E-state index contributed by atoms with van der Waals surface area (Å²) < 4.78 is 5.15. The molecule has 1 heterocycles. The van der Waals surface area contributed by atoms with Crippen molar-refractivity contribution in [2.45, 2.75) is 57.9 Å². The summed E-state index contributed by atoms with van der Waals surface area (Å²) in [6, 6.07) is 3.69. The zero-order valence-corrected chi connectivity index (χ0v) is 11.7. The van der Waals surface area contributed by atoms with Crippen LogP contribution in [0, 0.1) is 0 Å². The summed E-state index contributed by atoms with van der Waals surface area (Å²) >= 11 is 0. The van der Waals surface area contributed by atoms with Gasteiger partial charge in [-0.1, -0.05) is 31.8 Å². The van der Waals surface area contributed by atoms with Crippen LogP contribution in [0.15, 0.2) is 35.5 Å². The van der Waals surface area contributed by atoms with Crippen LogP contribution >= 0.6 is 0 Å². The third-order valence-electron chi connectivity index (χ3n) is 3.10. The summed E-state index contributed by atoms with van der Waals surface area (Å²) in [5, 5.41) is 2.86. The Hall–Kier alpha value is -1.51. The van der Waals surface area contributed by atoms with Gasteiger partial charge in [-0.25, -0.2) is 0 Å². The molecule has 0 aliphatic heterocycles. The van der Waals surface area contributed by atoms with E-state index in [0.29, 0.717) is 13.0 Å². The largest absolute Gasteiger partial charge is 0.467 e. The Kier molecular flexibility index (Phi) is 8.52. The van der Waals surface area contributed by atoms with Gasteiger partial charge in [-0.2, -0.15) is 0 Å². The maximum absolute atomic E-state index is 11.5. The lowest BCUT2D eigenvalue weighted by Crippen LogP contribution is -2.21. The smallest absolute Gasteiger partial charge is 0.220 e. The highest BCUT2D eigenvalue weighted by molar-refractivity contribution is 5.75. The molecule has 3 nitrogen and oxygen atoms in total. The third kappa shape index (κ3) is 8.25. The lowest BCUT2D eigenvalue weighted by molar-refractivity contribution is -0.121. The molecule has 1 N–H and O–H groups in total. The minimum absolute atomic E-state index is 0.114. The highest BCUT2D eigenvalue weighted by Crippen LogP contribution is 2.08. The molecule has 1 rings (SSSR count). The van der Waals surface area contributed by atoms with Crippen LogP contribution in [0.1, 0.15) is 57.1 Å². The average Bonchev–Trinajstić information content (AvgIpc) is 2.93. The number of nitrogens with one attached hydrogen (secondary N) is 1. The van der Waals surface area contributed by atoms with E-state index in [-0.39, 0.29) is 5.91 Å². The Balaban J connectivity index is 1.88. The second kappa shape index (κ2) is 10.4. The monoisotopic (exact) mass is 263 g/mol. The molecule has 0 aliphatic rings. The van der Waals surface area contributed by atoms with Crippen LogP contribution in [-0.4, -0.2) is 5.91 Å². The fraction of sp³-hybridized carbons (Fsp3) is 0.562. The molecule has 0 bridgehead atoms. The molecule has 106 valence electrons. The quantitative estimate of drug-likeness (QED) is 0.480. The second-order valence-electron chi connectivity index (χ2n) is 4.80. The molecule has 0 spiro atoms. The molecule has 0 unspecified atom stereocenters. The number of unbranched alkanes of at least 4 members (excludes halogenated alkanes) is 6. The number of hydrogen-bond donors (Lipinski definition) is 1. The van der Waals surface area contributed by atoms with E-state index in [1.54, 1.807) is 6.26 Å². The first-order valence-electron chi connectivity index (χ1n) is 7.23.